The van der Waals surface area contributed by atoms with Gasteiger partial charge in [0.25, 0.3) is 0 Å². The van der Waals surface area contributed by atoms with E-state index < -0.39 is 10.0 Å². The molecule has 2 heterocycles. The summed E-state index contributed by atoms with van der Waals surface area (Å²) in [4.78, 5) is 6.65. The standard InChI is InChI=1S/C13H14BrN3O2S2/c14-11-3-1-2-4-12(11)21(18,19)16-10-5-7-17(9-10)13-15-6-8-20-13/h1-4,6,8,10,16H,5,7,9H2/t10-/m0/s1. The number of nitrogens with one attached hydrogen (secondary N) is 1. The summed E-state index contributed by atoms with van der Waals surface area (Å²) in [6.45, 7) is 1.47. The third kappa shape index (κ3) is 3.28. The Labute approximate surface area is 136 Å². The first-order valence-corrected chi connectivity index (χ1v) is 9.63. The molecule has 0 unspecified atom stereocenters. The van der Waals surface area contributed by atoms with Gasteiger partial charge in [-0.3, -0.25) is 0 Å². The molecule has 3 rings (SSSR count). The van der Waals surface area contributed by atoms with Crippen molar-refractivity contribution in [1.82, 2.24) is 9.71 Å². The van der Waals surface area contributed by atoms with E-state index >= 15 is 0 Å². The third-order valence-corrected chi connectivity index (χ3v) is 6.69. The number of benzene rings is 1. The molecule has 8 heteroatoms. The van der Waals surface area contributed by atoms with Crippen molar-refractivity contribution in [3.8, 4) is 0 Å². The molecule has 5 nitrogen and oxygen atoms in total. The van der Waals surface area contributed by atoms with Crippen molar-refractivity contribution in [2.24, 2.45) is 0 Å². The second-order valence-corrected chi connectivity index (χ2v) is 8.21. The fourth-order valence-electron chi connectivity index (χ4n) is 2.35. The fraction of sp³-hybridized carbons (Fsp3) is 0.308. The summed E-state index contributed by atoms with van der Waals surface area (Å²) in [7, 11) is -3.51. The van der Waals surface area contributed by atoms with Crippen LogP contribution in [0.2, 0.25) is 0 Å². The normalized spacial score (nSPS) is 19.1. The minimum atomic E-state index is -3.51. The van der Waals surface area contributed by atoms with Crippen LogP contribution in [-0.4, -0.2) is 32.5 Å². The zero-order valence-electron chi connectivity index (χ0n) is 11.1. The maximum absolute atomic E-state index is 12.4. The highest BCUT2D eigenvalue weighted by Crippen LogP contribution is 2.25. The van der Waals surface area contributed by atoms with Crippen LogP contribution in [0.4, 0.5) is 5.13 Å². The zero-order chi connectivity index (χ0) is 14.9. The van der Waals surface area contributed by atoms with Gasteiger partial charge >= 0.3 is 0 Å². The van der Waals surface area contributed by atoms with Crippen molar-refractivity contribution in [3.63, 3.8) is 0 Å². The second-order valence-electron chi connectivity index (χ2n) is 4.80. The second kappa shape index (κ2) is 6.04. The molecule has 1 aromatic heterocycles. The highest BCUT2D eigenvalue weighted by molar-refractivity contribution is 9.10. The van der Waals surface area contributed by atoms with Crippen LogP contribution in [0, 0.1) is 0 Å². The molecular formula is C13H14BrN3O2S2. The van der Waals surface area contributed by atoms with Crippen LogP contribution in [0.3, 0.4) is 0 Å². The predicted molar refractivity (Wildman–Crippen MR) is 87.2 cm³/mol. The summed E-state index contributed by atoms with van der Waals surface area (Å²) in [5, 5.41) is 2.87. The minimum absolute atomic E-state index is 0.0917. The van der Waals surface area contributed by atoms with Crippen molar-refractivity contribution in [2.45, 2.75) is 17.4 Å². The van der Waals surface area contributed by atoms with Gasteiger partial charge in [0.05, 0.1) is 4.90 Å². The molecule has 0 amide bonds. The van der Waals surface area contributed by atoms with E-state index in [0.29, 0.717) is 11.0 Å². The Morgan fingerprint density at radius 2 is 2.19 bits per heavy atom. The molecule has 0 spiro atoms. The Hall–Kier alpha value is -0.960. The maximum Gasteiger partial charge on any atom is 0.242 e. The molecule has 0 aliphatic carbocycles. The average molecular weight is 388 g/mol. The van der Waals surface area contributed by atoms with Crippen molar-refractivity contribution in [1.29, 1.82) is 0 Å². The predicted octanol–water partition coefficient (Wildman–Crippen LogP) is 2.46. The van der Waals surface area contributed by atoms with Crippen LogP contribution >= 0.6 is 27.3 Å². The number of rotatable bonds is 4. The number of sulfonamides is 1. The molecular weight excluding hydrogens is 374 g/mol. The van der Waals surface area contributed by atoms with E-state index in [9.17, 15) is 8.42 Å². The van der Waals surface area contributed by atoms with Crippen LogP contribution in [0.1, 0.15) is 6.42 Å². The molecule has 0 saturated carbocycles. The summed E-state index contributed by atoms with van der Waals surface area (Å²) in [5.74, 6) is 0. The number of halogens is 1. The number of hydrogen-bond donors (Lipinski definition) is 1. The van der Waals surface area contributed by atoms with Gasteiger partial charge in [0.2, 0.25) is 10.0 Å². The molecule has 1 aliphatic rings. The van der Waals surface area contributed by atoms with Crippen molar-refractivity contribution >= 4 is 42.4 Å². The largest absolute Gasteiger partial charge is 0.346 e. The molecule has 112 valence electrons. The first-order valence-electron chi connectivity index (χ1n) is 6.47. The van der Waals surface area contributed by atoms with Crippen LogP contribution in [-0.2, 0) is 10.0 Å². The summed E-state index contributed by atoms with van der Waals surface area (Å²) in [5.41, 5.74) is 0. The Morgan fingerprint density at radius 3 is 2.90 bits per heavy atom. The molecule has 1 aliphatic heterocycles. The van der Waals surface area contributed by atoms with Gasteiger partial charge in [-0.1, -0.05) is 12.1 Å². The van der Waals surface area contributed by atoms with E-state index in [1.807, 2.05) is 5.38 Å². The summed E-state index contributed by atoms with van der Waals surface area (Å²) in [6, 6.07) is 6.75. The number of aromatic nitrogens is 1. The molecule has 1 N–H and O–H groups in total. The fourth-order valence-corrected chi connectivity index (χ4v) is 5.29. The number of hydrogen-bond acceptors (Lipinski definition) is 5. The summed E-state index contributed by atoms with van der Waals surface area (Å²) in [6.07, 6.45) is 2.54. The Kier molecular flexibility index (Phi) is 4.30. The first kappa shape index (κ1) is 15.0. The van der Waals surface area contributed by atoms with Gasteiger partial charge in [0.1, 0.15) is 0 Å². The average Bonchev–Trinajstić information content (AvgIpc) is 3.09. The van der Waals surface area contributed by atoms with E-state index in [0.717, 1.165) is 18.1 Å². The van der Waals surface area contributed by atoms with Gasteiger partial charge in [-0.15, -0.1) is 11.3 Å². The van der Waals surface area contributed by atoms with Gasteiger partial charge in [-0.25, -0.2) is 18.1 Å². The molecule has 1 aromatic carbocycles. The lowest BCUT2D eigenvalue weighted by Crippen LogP contribution is -2.37. The third-order valence-electron chi connectivity index (χ3n) is 3.33. The molecule has 1 atom stereocenters. The van der Waals surface area contributed by atoms with E-state index in [4.69, 9.17) is 0 Å². The van der Waals surface area contributed by atoms with E-state index in [-0.39, 0.29) is 10.9 Å². The molecule has 0 radical (unpaired) electrons. The van der Waals surface area contributed by atoms with Gasteiger partial charge in [-0.05, 0) is 34.5 Å². The van der Waals surface area contributed by atoms with E-state index in [2.05, 4.69) is 30.5 Å². The van der Waals surface area contributed by atoms with Gasteiger partial charge < -0.3 is 4.90 Å². The van der Waals surface area contributed by atoms with Crippen molar-refractivity contribution in [3.05, 3.63) is 40.3 Å². The minimum Gasteiger partial charge on any atom is -0.346 e. The lowest BCUT2D eigenvalue weighted by Gasteiger charge is -2.16. The summed E-state index contributed by atoms with van der Waals surface area (Å²) >= 11 is 4.86. The highest BCUT2D eigenvalue weighted by atomic mass is 79.9. The van der Waals surface area contributed by atoms with Crippen molar-refractivity contribution in [2.75, 3.05) is 18.0 Å². The Bertz CT molecular complexity index is 719. The smallest absolute Gasteiger partial charge is 0.242 e. The van der Waals surface area contributed by atoms with Crippen LogP contribution in [0.25, 0.3) is 0 Å². The quantitative estimate of drug-likeness (QED) is 0.874. The van der Waals surface area contributed by atoms with E-state index in [1.54, 1.807) is 41.8 Å². The first-order chi connectivity index (χ1) is 10.1. The lowest BCUT2D eigenvalue weighted by atomic mass is 10.3. The Morgan fingerprint density at radius 1 is 1.38 bits per heavy atom. The monoisotopic (exact) mass is 387 g/mol. The lowest BCUT2D eigenvalue weighted by molar-refractivity contribution is 0.561. The van der Waals surface area contributed by atoms with E-state index in [1.165, 1.54) is 0 Å². The van der Waals surface area contributed by atoms with Crippen LogP contribution in [0.15, 0.2) is 45.2 Å². The topological polar surface area (TPSA) is 62.3 Å². The SMILES string of the molecule is O=S(=O)(N[C@H]1CCN(c2nccs2)C1)c1ccccc1Br. The molecule has 1 fully saturated rings. The number of anilines is 1. The molecule has 2 aromatic rings. The van der Waals surface area contributed by atoms with Gasteiger partial charge in [0, 0.05) is 35.2 Å². The highest BCUT2D eigenvalue weighted by Gasteiger charge is 2.29. The Balaban J connectivity index is 1.71. The van der Waals surface area contributed by atoms with Crippen molar-refractivity contribution < 1.29 is 8.42 Å². The van der Waals surface area contributed by atoms with Gasteiger partial charge in [0.15, 0.2) is 5.13 Å². The molecule has 21 heavy (non-hydrogen) atoms. The number of thiazole rings is 1. The van der Waals surface area contributed by atoms with Crippen LogP contribution in [0.5, 0.6) is 0 Å². The molecule has 1 saturated heterocycles. The van der Waals surface area contributed by atoms with Crippen LogP contribution < -0.4 is 9.62 Å². The van der Waals surface area contributed by atoms with Gasteiger partial charge in [-0.2, -0.15) is 0 Å². The molecule has 0 bridgehead atoms. The number of nitrogens with zero attached hydrogens (tertiary/aromatic N) is 2. The summed E-state index contributed by atoms with van der Waals surface area (Å²) < 4.78 is 28.2. The maximum atomic E-state index is 12.4. The zero-order valence-corrected chi connectivity index (χ0v) is 14.3.